The predicted molar refractivity (Wildman–Crippen MR) is 144 cm³/mol. The van der Waals surface area contributed by atoms with E-state index in [9.17, 15) is 9.59 Å². The van der Waals surface area contributed by atoms with Crippen LogP contribution in [0.15, 0.2) is 82.8 Å². The highest BCUT2D eigenvalue weighted by Gasteiger charge is 2.15. The number of fused-ring (bicyclic) bond motifs is 1. The Morgan fingerprint density at radius 3 is 1.56 bits per heavy atom. The van der Waals surface area contributed by atoms with E-state index in [0.717, 1.165) is 11.0 Å². The molecule has 10 heteroatoms. The molecule has 0 saturated heterocycles. The highest BCUT2D eigenvalue weighted by Crippen LogP contribution is 2.30. The molecule has 8 nitrogen and oxygen atoms in total. The first-order valence-corrected chi connectivity index (χ1v) is 12.9. The van der Waals surface area contributed by atoms with Crippen molar-refractivity contribution < 1.29 is 19.1 Å². The normalized spacial score (nSPS) is 10.6. The van der Waals surface area contributed by atoms with Crippen molar-refractivity contribution in [2.45, 2.75) is 10.1 Å². The van der Waals surface area contributed by atoms with Crippen molar-refractivity contribution in [1.29, 1.82) is 0 Å². The lowest BCUT2D eigenvalue weighted by Crippen LogP contribution is -2.15. The second-order valence-electron chi connectivity index (χ2n) is 7.46. The number of rotatable bonds is 10. The number of hydrogen-bond acceptors (Lipinski definition) is 8. The van der Waals surface area contributed by atoms with Crippen LogP contribution in [0, 0.1) is 0 Å². The molecule has 184 valence electrons. The standard InChI is InChI=1S/C26H24N4O4S2/c1-33-19-9-5-7-17(13-19)27-23(31)15-35-25-26(30-22-12-4-3-11-21(22)29-25)36-16-24(32)28-18-8-6-10-20(14-18)34-2/h3-14H,15-16H2,1-2H3,(H,27,31)(H,28,32). The largest absolute Gasteiger partial charge is 0.497 e. The number of anilines is 2. The topological polar surface area (TPSA) is 102 Å². The minimum Gasteiger partial charge on any atom is -0.497 e. The quantitative estimate of drug-likeness (QED) is 0.278. The summed E-state index contributed by atoms with van der Waals surface area (Å²) in [5, 5.41) is 6.91. The molecule has 1 heterocycles. The van der Waals surface area contributed by atoms with Crippen molar-refractivity contribution in [2.75, 3.05) is 36.4 Å². The lowest BCUT2D eigenvalue weighted by molar-refractivity contribution is -0.114. The Morgan fingerprint density at radius 2 is 1.14 bits per heavy atom. The maximum atomic E-state index is 12.6. The van der Waals surface area contributed by atoms with Crippen molar-refractivity contribution in [2.24, 2.45) is 0 Å². The number of nitrogens with zero attached hydrogens (tertiary/aromatic N) is 2. The van der Waals surface area contributed by atoms with Crippen LogP contribution in [0.3, 0.4) is 0 Å². The van der Waals surface area contributed by atoms with Gasteiger partial charge in [0.15, 0.2) is 0 Å². The van der Waals surface area contributed by atoms with Crippen LogP contribution in [-0.2, 0) is 9.59 Å². The molecule has 4 rings (SSSR count). The molecule has 0 unspecified atom stereocenters. The zero-order valence-electron chi connectivity index (χ0n) is 19.7. The predicted octanol–water partition coefficient (Wildman–Crippen LogP) is 5.11. The van der Waals surface area contributed by atoms with Gasteiger partial charge in [0.2, 0.25) is 11.8 Å². The summed E-state index contributed by atoms with van der Waals surface area (Å²) < 4.78 is 10.4. The first-order chi connectivity index (χ1) is 17.5. The van der Waals surface area contributed by atoms with Crippen molar-refractivity contribution in [1.82, 2.24) is 9.97 Å². The monoisotopic (exact) mass is 520 g/mol. The zero-order chi connectivity index (χ0) is 25.3. The van der Waals surface area contributed by atoms with Gasteiger partial charge in [-0.05, 0) is 36.4 Å². The summed E-state index contributed by atoms with van der Waals surface area (Å²) >= 11 is 2.55. The minimum absolute atomic E-state index is 0.133. The van der Waals surface area contributed by atoms with Gasteiger partial charge in [-0.1, -0.05) is 47.8 Å². The van der Waals surface area contributed by atoms with E-state index in [-0.39, 0.29) is 23.3 Å². The van der Waals surface area contributed by atoms with Gasteiger partial charge in [0.25, 0.3) is 0 Å². The molecule has 36 heavy (non-hydrogen) atoms. The second kappa shape index (κ2) is 12.3. The number of aromatic nitrogens is 2. The van der Waals surface area contributed by atoms with Crippen LogP contribution in [0.4, 0.5) is 11.4 Å². The molecule has 2 amide bonds. The van der Waals surface area contributed by atoms with Crippen LogP contribution in [-0.4, -0.2) is 47.5 Å². The molecule has 0 spiro atoms. The number of nitrogens with one attached hydrogen (secondary N) is 2. The summed E-state index contributed by atoms with van der Waals surface area (Å²) in [5.41, 5.74) is 2.73. The number of thioether (sulfide) groups is 2. The number of hydrogen-bond donors (Lipinski definition) is 2. The lowest BCUT2D eigenvalue weighted by atomic mass is 10.3. The summed E-state index contributed by atoms with van der Waals surface area (Å²) in [4.78, 5) is 34.6. The Balaban J connectivity index is 1.43. The van der Waals surface area contributed by atoms with Crippen LogP contribution in [0.1, 0.15) is 0 Å². The van der Waals surface area contributed by atoms with Gasteiger partial charge in [-0.15, -0.1) is 0 Å². The average Bonchev–Trinajstić information content (AvgIpc) is 2.90. The number of ether oxygens (including phenoxy) is 2. The third-order valence-electron chi connectivity index (χ3n) is 4.90. The Bertz CT molecular complexity index is 1280. The van der Waals surface area contributed by atoms with Crippen LogP contribution in [0.2, 0.25) is 0 Å². The van der Waals surface area contributed by atoms with Crippen molar-refractivity contribution in [3.63, 3.8) is 0 Å². The first kappa shape index (κ1) is 25.3. The summed E-state index contributed by atoms with van der Waals surface area (Å²) in [6.45, 7) is 0. The van der Waals surface area contributed by atoms with Gasteiger partial charge in [-0.2, -0.15) is 0 Å². The minimum atomic E-state index is -0.185. The summed E-state index contributed by atoms with van der Waals surface area (Å²) in [7, 11) is 3.15. The zero-order valence-corrected chi connectivity index (χ0v) is 21.3. The fourth-order valence-electron chi connectivity index (χ4n) is 3.22. The van der Waals surface area contributed by atoms with Gasteiger partial charge in [0, 0.05) is 23.5 Å². The Labute approximate surface area is 217 Å². The maximum Gasteiger partial charge on any atom is 0.234 e. The van der Waals surface area contributed by atoms with Crippen LogP contribution in [0.25, 0.3) is 11.0 Å². The molecule has 0 bridgehead atoms. The van der Waals surface area contributed by atoms with E-state index in [1.165, 1.54) is 23.5 Å². The van der Waals surface area contributed by atoms with Crippen molar-refractivity contribution >= 4 is 57.7 Å². The van der Waals surface area contributed by atoms with E-state index < -0.39 is 0 Å². The SMILES string of the molecule is COc1cccc(NC(=O)CSc2nc3ccccc3nc2SCC(=O)Nc2cccc(OC)c2)c1. The highest BCUT2D eigenvalue weighted by atomic mass is 32.2. The molecule has 0 saturated carbocycles. The summed E-state index contributed by atoms with van der Waals surface area (Å²) in [5.74, 6) is 1.21. The Hall–Kier alpha value is -3.76. The molecule has 3 aromatic carbocycles. The fraction of sp³-hybridized carbons (Fsp3) is 0.154. The van der Waals surface area contributed by atoms with Crippen LogP contribution >= 0.6 is 23.5 Å². The van der Waals surface area contributed by atoms with Gasteiger partial charge in [-0.3, -0.25) is 9.59 Å². The number of benzene rings is 3. The molecular formula is C26H24N4O4S2. The molecule has 2 N–H and O–H groups in total. The smallest absolute Gasteiger partial charge is 0.234 e. The molecule has 0 aliphatic rings. The second-order valence-corrected chi connectivity index (χ2v) is 9.39. The van der Waals surface area contributed by atoms with E-state index in [1.807, 2.05) is 48.5 Å². The van der Waals surface area contributed by atoms with E-state index in [1.54, 1.807) is 38.5 Å². The van der Waals surface area contributed by atoms with Gasteiger partial charge >= 0.3 is 0 Å². The van der Waals surface area contributed by atoms with Crippen molar-refractivity contribution in [3.8, 4) is 11.5 Å². The molecule has 4 aromatic rings. The van der Waals surface area contributed by atoms with Crippen molar-refractivity contribution in [3.05, 3.63) is 72.8 Å². The number of para-hydroxylation sites is 2. The van der Waals surface area contributed by atoms with E-state index in [0.29, 0.717) is 32.9 Å². The molecule has 0 radical (unpaired) electrons. The molecular weight excluding hydrogens is 496 g/mol. The molecule has 0 fully saturated rings. The molecule has 0 aliphatic heterocycles. The average molecular weight is 521 g/mol. The fourth-order valence-corrected chi connectivity index (χ4v) is 4.92. The van der Waals surface area contributed by atoms with E-state index in [4.69, 9.17) is 19.4 Å². The van der Waals surface area contributed by atoms with Crippen LogP contribution < -0.4 is 20.1 Å². The number of amides is 2. The van der Waals surface area contributed by atoms with E-state index in [2.05, 4.69) is 10.6 Å². The summed E-state index contributed by atoms with van der Waals surface area (Å²) in [6, 6.07) is 21.8. The number of carbonyl (C=O) groups is 2. The third kappa shape index (κ3) is 6.89. The van der Waals surface area contributed by atoms with Gasteiger partial charge in [0.05, 0.1) is 36.8 Å². The lowest BCUT2D eigenvalue weighted by Gasteiger charge is -2.11. The van der Waals surface area contributed by atoms with Crippen LogP contribution in [0.5, 0.6) is 11.5 Å². The third-order valence-corrected chi connectivity index (χ3v) is 6.95. The van der Waals surface area contributed by atoms with E-state index >= 15 is 0 Å². The summed E-state index contributed by atoms with van der Waals surface area (Å²) in [6.07, 6.45) is 0. The Kier molecular flexibility index (Phi) is 8.64. The number of methoxy groups -OCH3 is 2. The highest BCUT2D eigenvalue weighted by molar-refractivity contribution is 8.02. The molecule has 1 aromatic heterocycles. The molecule has 0 atom stereocenters. The van der Waals surface area contributed by atoms with Gasteiger partial charge in [0.1, 0.15) is 21.6 Å². The first-order valence-electron chi connectivity index (χ1n) is 10.9. The Morgan fingerprint density at radius 1 is 0.694 bits per heavy atom. The van der Waals surface area contributed by atoms with Gasteiger partial charge in [-0.25, -0.2) is 9.97 Å². The molecule has 0 aliphatic carbocycles. The van der Waals surface area contributed by atoms with Gasteiger partial charge < -0.3 is 20.1 Å². The number of carbonyl (C=O) groups excluding carboxylic acids is 2. The maximum absolute atomic E-state index is 12.6.